The number of anilines is 1. The van der Waals surface area contributed by atoms with Gasteiger partial charge in [0.25, 0.3) is 5.91 Å². The Morgan fingerprint density at radius 3 is 2.36 bits per heavy atom. The number of nitrogens with zero attached hydrogens (tertiary/aromatic N) is 2. The van der Waals surface area contributed by atoms with E-state index in [1.165, 1.54) is 7.11 Å². The van der Waals surface area contributed by atoms with Gasteiger partial charge in [-0.3, -0.25) is 9.36 Å². The molecule has 138 valence electrons. The molecule has 0 atom stereocenters. The zero-order valence-corrected chi connectivity index (χ0v) is 15.1. The summed E-state index contributed by atoms with van der Waals surface area (Å²) < 4.78 is 6.64. The van der Waals surface area contributed by atoms with Crippen molar-refractivity contribution < 1.29 is 14.3 Å². The van der Waals surface area contributed by atoms with Crippen LogP contribution in [0.15, 0.2) is 79.1 Å². The highest BCUT2D eigenvalue weighted by Crippen LogP contribution is 2.20. The Morgan fingerprint density at radius 2 is 1.64 bits per heavy atom. The van der Waals surface area contributed by atoms with Crippen molar-refractivity contribution in [1.82, 2.24) is 9.55 Å². The fraction of sp³-hybridized carbons (Fsp3) is 0.0455. The van der Waals surface area contributed by atoms with Crippen LogP contribution < -0.4 is 5.32 Å². The molecule has 0 saturated carbocycles. The smallest absolute Gasteiger partial charge is 0.337 e. The average molecular weight is 371 g/mol. The summed E-state index contributed by atoms with van der Waals surface area (Å²) in [5.74, 6) is -0.667. The fourth-order valence-corrected chi connectivity index (χ4v) is 2.96. The number of ether oxygens (including phenoxy) is 1. The number of benzene rings is 3. The van der Waals surface area contributed by atoms with E-state index in [1.807, 2.05) is 41.0 Å². The van der Waals surface area contributed by atoms with Gasteiger partial charge in [-0.05, 0) is 54.6 Å². The molecule has 0 aliphatic carbocycles. The quantitative estimate of drug-likeness (QED) is 0.549. The molecule has 28 heavy (non-hydrogen) atoms. The molecule has 4 aromatic rings. The van der Waals surface area contributed by atoms with Crippen LogP contribution in [0.1, 0.15) is 20.7 Å². The van der Waals surface area contributed by atoms with E-state index in [4.69, 9.17) is 0 Å². The summed E-state index contributed by atoms with van der Waals surface area (Å²) in [6.45, 7) is 0. The number of para-hydroxylation sites is 1. The van der Waals surface area contributed by atoms with Gasteiger partial charge in [-0.1, -0.05) is 18.2 Å². The first-order chi connectivity index (χ1) is 13.7. The van der Waals surface area contributed by atoms with Crippen molar-refractivity contribution >= 4 is 28.6 Å². The molecule has 0 fully saturated rings. The molecule has 4 rings (SSSR count). The molecule has 6 nitrogen and oxygen atoms in total. The second kappa shape index (κ2) is 7.36. The second-order valence-corrected chi connectivity index (χ2v) is 6.18. The van der Waals surface area contributed by atoms with Crippen molar-refractivity contribution in [2.45, 2.75) is 0 Å². The third kappa shape index (κ3) is 3.35. The molecule has 1 heterocycles. The number of hydrogen-bond donors (Lipinski definition) is 1. The van der Waals surface area contributed by atoms with Crippen LogP contribution in [-0.4, -0.2) is 28.5 Å². The van der Waals surface area contributed by atoms with Crippen molar-refractivity contribution in [2.24, 2.45) is 0 Å². The normalized spacial score (nSPS) is 10.6. The molecule has 0 spiro atoms. The molecule has 0 unspecified atom stereocenters. The Kier molecular flexibility index (Phi) is 4.60. The summed E-state index contributed by atoms with van der Waals surface area (Å²) >= 11 is 0. The Morgan fingerprint density at radius 1 is 0.929 bits per heavy atom. The first-order valence-corrected chi connectivity index (χ1v) is 8.68. The van der Waals surface area contributed by atoms with Gasteiger partial charge in [0.05, 0.1) is 23.7 Å². The van der Waals surface area contributed by atoms with Crippen LogP contribution >= 0.6 is 0 Å². The molecule has 0 aliphatic rings. The highest BCUT2D eigenvalue weighted by atomic mass is 16.5. The number of methoxy groups -OCH3 is 1. The largest absolute Gasteiger partial charge is 0.465 e. The number of carbonyl (C=O) groups excluding carboxylic acids is 2. The summed E-state index contributed by atoms with van der Waals surface area (Å²) in [6.07, 6.45) is 1.74. The first-order valence-electron chi connectivity index (χ1n) is 8.68. The second-order valence-electron chi connectivity index (χ2n) is 6.18. The maximum atomic E-state index is 12.6. The summed E-state index contributed by atoms with van der Waals surface area (Å²) in [5.41, 5.74) is 4.18. The lowest BCUT2D eigenvalue weighted by molar-refractivity contribution is 0.0600. The third-order valence-electron chi connectivity index (χ3n) is 4.41. The Balaban J connectivity index is 1.56. The molecule has 0 saturated heterocycles. The molecule has 1 N–H and O–H groups in total. The zero-order valence-electron chi connectivity index (χ0n) is 15.1. The van der Waals surface area contributed by atoms with E-state index >= 15 is 0 Å². The predicted molar refractivity (Wildman–Crippen MR) is 107 cm³/mol. The predicted octanol–water partition coefficient (Wildman–Crippen LogP) is 4.06. The monoisotopic (exact) mass is 371 g/mol. The van der Waals surface area contributed by atoms with Gasteiger partial charge in [0.15, 0.2) is 0 Å². The van der Waals surface area contributed by atoms with E-state index in [1.54, 1.807) is 42.7 Å². The number of amides is 1. The molecule has 6 heteroatoms. The maximum absolute atomic E-state index is 12.6. The first kappa shape index (κ1) is 17.5. The third-order valence-corrected chi connectivity index (χ3v) is 4.41. The van der Waals surface area contributed by atoms with E-state index < -0.39 is 5.97 Å². The highest BCUT2D eigenvalue weighted by molar-refractivity contribution is 6.06. The van der Waals surface area contributed by atoms with Gasteiger partial charge in [0.1, 0.15) is 6.33 Å². The Hall–Kier alpha value is -3.93. The molecule has 3 aromatic carbocycles. The van der Waals surface area contributed by atoms with Crippen LogP contribution in [0, 0.1) is 0 Å². The highest BCUT2D eigenvalue weighted by Gasteiger charge is 2.11. The SMILES string of the molecule is COC(=O)c1ccc(NC(=O)c2ccc3c(c2)ncn3-c2ccccc2)cc1. The zero-order chi connectivity index (χ0) is 19.5. The molecule has 0 bridgehead atoms. The minimum atomic E-state index is -0.419. The van der Waals surface area contributed by atoms with Crippen molar-refractivity contribution in [3.63, 3.8) is 0 Å². The lowest BCUT2D eigenvalue weighted by Gasteiger charge is -2.07. The summed E-state index contributed by atoms with van der Waals surface area (Å²) in [5, 5.41) is 2.82. The number of imidazole rings is 1. The van der Waals surface area contributed by atoms with Crippen LogP contribution in [0.25, 0.3) is 16.7 Å². The van der Waals surface area contributed by atoms with E-state index in [-0.39, 0.29) is 5.91 Å². The molecular weight excluding hydrogens is 354 g/mol. The van der Waals surface area contributed by atoms with Gasteiger partial charge >= 0.3 is 5.97 Å². The Labute approximate surface area is 161 Å². The number of hydrogen-bond acceptors (Lipinski definition) is 4. The number of nitrogens with one attached hydrogen (secondary N) is 1. The summed E-state index contributed by atoms with van der Waals surface area (Å²) in [4.78, 5) is 28.5. The number of aromatic nitrogens is 2. The minimum absolute atomic E-state index is 0.248. The molecule has 1 aromatic heterocycles. The van der Waals surface area contributed by atoms with E-state index in [0.29, 0.717) is 16.8 Å². The van der Waals surface area contributed by atoms with Crippen molar-refractivity contribution in [3.05, 3.63) is 90.3 Å². The summed E-state index contributed by atoms with van der Waals surface area (Å²) in [7, 11) is 1.33. The lowest BCUT2D eigenvalue weighted by Crippen LogP contribution is -2.12. The minimum Gasteiger partial charge on any atom is -0.465 e. The van der Waals surface area contributed by atoms with Crippen LogP contribution in [0.5, 0.6) is 0 Å². The standard InChI is InChI=1S/C22H17N3O3/c1-28-22(27)15-7-10-17(11-8-15)24-21(26)16-9-12-20-19(13-16)23-14-25(20)18-5-3-2-4-6-18/h2-14H,1H3,(H,24,26). The van der Waals surface area contributed by atoms with Gasteiger partial charge in [-0.2, -0.15) is 0 Å². The number of carbonyl (C=O) groups is 2. The lowest BCUT2D eigenvalue weighted by atomic mass is 10.1. The maximum Gasteiger partial charge on any atom is 0.337 e. The molecule has 0 radical (unpaired) electrons. The Bertz CT molecular complexity index is 1150. The van der Waals surface area contributed by atoms with Gasteiger partial charge < -0.3 is 10.1 Å². The van der Waals surface area contributed by atoms with Crippen LogP contribution in [0.2, 0.25) is 0 Å². The van der Waals surface area contributed by atoms with Gasteiger partial charge in [0.2, 0.25) is 0 Å². The van der Waals surface area contributed by atoms with Crippen LogP contribution in [0.3, 0.4) is 0 Å². The van der Waals surface area contributed by atoms with E-state index in [2.05, 4.69) is 15.0 Å². The van der Waals surface area contributed by atoms with E-state index in [9.17, 15) is 9.59 Å². The number of esters is 1. The average Bonchev–Trinajstić information content (AvgIpc) is 3.17. The van der Waals surface area contributed by atoms with Gasteiger partial charge in [-0.15, -0.1) is 0 Å². The molecular formula is C22H17N3O3. The van der Waals surface area contributed by atoms with Crippen LogP contribution in [-0.2, 0) is 4.74 Å². The van der Waals surface area contributed by atoms with Gasteiger partial charge in [-0.25, -0.2) is 9.78 Å². The molecule has 1 amide bonds. The van der Waals surface area contributed by atoms with E-state index in [0.717, 1.165) is 16.7 Å². The van der Waals surface area contributed by atoms with Crippen molar-refractivity contribution in [1.29, 1.82) is 0 Å². The van der Waals surface area contributed by atoms with Gasteiger partial charge in [0, 0.05) is 16.9 Å². The van der Waals surface area contributed by atoms with Crippen LogP contribution in [0.4, 0.5) is 5.69 Å². The molecule has 0 aliphatic heterocycles. The topological polar surface area (TPSA) is 73.2 Å². The van der Waals surface area contributed by atoms with Crippen molar-refractivity contribution in [3.8, 4) is 5.69 Å². The number of rotatable bonds is 4. The fourth-order valence-electron chi connectivity index (χ4n) is 2.96. The number of fused-ring (bicyclic) bond motifs is 1. The van der Waals surface area contributed by atoms with Crippen molar-refractivity contribution in [2.75, 3.05) is 12.4 Å². The summed E-state index contributed by atoms with van der Waals surface area (Å²) in [6, 6.07) is 21.8.